The molecule has 1 atom stereocenters. The molecular formula is C9H16N2O3. The maximum atomic E-state index is 10.2. The van der Waals surface area contributed by atoms with Crippen LogP contribution in [0.2, 0.25) is 0 Å². The van der Waals surface area contributed by atoms with E-state index in [1.807, 2.05) is 6.08 Å². The van der Waals surface area contributed by atoms with Crippen LogP contribution in [0, 0.1) is 0 Å². The Bertz CT molecular complexity index is 206. The van der Waals surface area contributed by atoms with Gasteiger partial charge in [0.15, 0.2) is 0 Å². The van der Waals surface area contributed by atoms with Crippen LogP contribution in [0.5, 0.6) is 0 Å². The van der Waals surface area contributed by atoms with Gasteiger partial charge >= 0.3 is 6.09 Å². The maximum Gasteiger partial charge on any atom is 0.404 e. The molecule has 0 bridgehead atoms. The highest BCUT2D eigenvalue weighted by molar-refractivity contribution is 5.64. The summed E-state index contributed by atoms with van der Waals surface area (Å²) in [4.78, 5) is 10.2. The van der Waals surface area contributed by atoms with Gasteiger partial charge in [-0.2, -0.15) is 0 Å². The Balaban J connectivity index is 1.93. The molecule has 0 saturated carbocycles. The smallest absolute Gasteiger partial charge is 0.404 e. The molecule has 14 heavy (non-hydrogen) atoms. The average molecular weight is 200 g/mol. The Kier molecular flexibility index (Phi) is 4.85. The van der Waals surface area contributed by atoms with E-state index in [-0.39, 0.29) is 6.10 Å². The van der Waals surface area contributed by atoms with E-state index < -0.39 is 6.09 Å². The van der Waals surface area contributed by atoms with E-state index in [1.54, 1.807) is 6.26 Å². The number of nitrogens with two attached hydrogens (primary N) is 1. The van der Waals surface area contributed by atoms with Crippen LogP contribution < -0.4 is 11.1 Å². The molecule has 5 heteroatoms. The summed E-state index contributed by atoms with van der Waals surface area (Å²) < 4.78 is 9.88. The van der Waals surface area contributed by atoms with Crippen molar-refractivity contribution >= 4 is 6.09 Å². The molecule has 0 saturated heterocycles. The molecule has 0 aromatic carbocycles. The van der Waals surface area contributed by atoms with Crippen LogP contribution in [0.4, 0.5) is 4.79 Å². The number of carbonyl (C=O) groups excluding carboxylic acids is 1. The van der Waals surface area contributed by atoms with Gasteiger partial charge in [-0.05, 0) is 18.9 Å². The van der Waals surface area contributed by atoms with Crippen molar-refractivity contribution in [3.05, 3.63) is 12.3 Å². The third-order valence-corrected chi connectivity index (χ3v) is 1.92. The van der Waals surface area contributed by atoms with E-state index in [4.69, 9.17) is 10.5 Å². The second-order valence-corrected chi connectivity index (χ2v) is 3.08. The highest BCUT2D eigenvalue weighted by Crippen LogP contribution is 2.08. The fourth-order valence-electron chi connectivity index (χ4n) is 1.22. The Labute approximate surface area is 83.2 Å². The largest absolute Gasteiger partial charge is 0.497 e. The van der Waals surface area contributed by atoms with Crippen LogP contribution in [-0.4, -0.2) is 31.9 Å². The fourth-order valence-corrected chi connectivity index (χ4v) is 1.22. The Hall–Kier alpha value is -1.23. The Morgan fingerprint density at radius 1 is 1.71 bits per heavy atom. The van der Waals surface area contributed by atoms with Crippen molar-refractivity contribution in [1.29, 1.82) is 0 Å². The van der Waals surface area contributed by atoms with Crippen LogP contribution in [0.25, 0.3) is 0 Å². The Morgan fingerprint density at radius 3 is 3.21 bits per heavy atom. The molecule has 1 unspecified atom stereocenters. The number of hydrogen-bond acceptors (Lipinski definition) is 4. The van der Waals surface area contributed by atoms with Crippen LogP contribution in [-0.2, 0) is 9.47 Å². The van der Waals surface area contributed by atoms with Gasteiger partial charge in [0.25, 0.3) is 0 Å². The number of hydrogen-bond donors (Lipinski definition) is 2. The third kappa shape index (κ3) is 4.71. The first-order valence-corrected chi connectivity index (χ1v) is 4.72. The molecule has 1 heterocycles. The van der Waals surface area contributed by atoms with Gasteiger partial charge in [-0.1, -0.05) is 0 Å². The number of allylic oxidation sites excluding steroid dienone is 1. The van der Waals surface area contributed by atoms with Crippen molar-refractivity contribution in [2.45, 2.75) is 18.9 Å². The summed E-state index contributed by atoms with van der Waals surface area (Å²) >= 11 is 0. The molecule has 1 aliphatic heterocycles. The van der Waals surface area contributed by atoms with Gasteiger partial charge in [-0.25, -0.2) is 4.79 Å². The van der Waals surface area contributed by atoms with Crippen molar-refractivity contribution in [1.82, 2.24) is 5.32 Å². The van der Waals surface area contributed by atoms with Crippen molar-refractivity contribution in [3.8, 4) is 0 Å². The second-order valence-electron chi connectivity index (χ2n) is 3.08. The minimum absolute atomic E-state index is 0.230. The second kappa shape index (κ2) is 6.26. The third-order valence-electron chi connectivity index (χ3n) is 1.92. The lowest BCUT2D eigenvalue weighted by molar-refractivity contribution is 0.118. The zero-order valence-corrected chi connectivity index (χ0v) is 8.07. The molecule has 0 spiro atoms. The molecule has 0 aromatic heterocycles. The summed E-state index contributed by atoms with van der Waals surface area (Å²) in [5.41, 5.74) is 4.79. The minimum atomic E-state index is -0.733. The van der Waals surface area contributed by atoms with Crippen LogP contribution in [0.3, 0.4) is 0 Å². The van der Waals surface area contributed by atoms with E-state index in [0.717, 1.165) is 19.4 Å². The molecule has 1 amide bonds. The number of carbonyl (C=O) groups is 1. The van der Waals surface area contributed by atoms with Crippen LogP contribution in [0.1, 0.15) is 12.8 Å². The van der Waals surface area contributed by atoms with E-state index in [9.17, 15) is 4.79 Å². The summed E-state index contributed by atoms with van der Waals surface area (Å²) in [7, 11) is 0. The lowest BCUT2D eigenvalue weighted by Gasteiger charge is -2.19. The number of rotatable bonds is 5. The zero-order chi connectivity index (χ0) is 10.2. The molecule has 3 N–H and O–H groups in total. The normalized spacial score (nSPS) is 20.1. The molecule has 5 nitrogen and oxygen atoms in total. The molecule has 0 aliphatic carbocycles. The summed E-state index contributed by atoms with van der Waals surface area (Å²) in [6.07, 6.45) is 5.32. The summed E-state index contributed by atoms with van der Waals surface area (Å²) in [6.45, 7) is 1.68. The van der Waals surface area contributed by atoms with E-state index in [1.165, 1.54) is 0 Å². The maximum absolute atomic E-state index is 10.2. The number of amides is 1. The van der Waals surface area contributed by atoms with Crippen molar-refractivity contribution in [2.24, 2.45) is 5.73 Å². The van der Waals surface area contributed by atoms with Crippen molar-refractivity contribution in [2.75, 3.05) is 19.7 Å². The van der Waals surface area contributed by atoms with Gasteiger partial charge in [0.1, 0.15) is 12.7 Å². The Morgan fingerprint density at radius 2 is 2.57 bits per heavy atom. The quantitative estimate of drug-likeness (QED) is 0.628. The molecular weight excluding hydrogens is 184 g/mol. The lowest BCUT2D eigenvalue weighted by Crippen LogP contribution is -2.32. The monoisotopic (exact) mass is 200 g/mol. The van der Waals surface area contributed by atoms with Gasteiger partial charge in [0, 0.05) is 13.1 Å². The molecule has 0 fully saturated rings. The van der Waals surface area contributed by atoms with Crippen LogP contribution >= 0.6 is 0 Å². The molecule has 0 aromatic rings. The van der Waals surface area contributed by atoms with E-state index in [0.29, 0.717) is 13.2 Å². The summed E-state index contributed by atoms with van der Waals surface area (Å²) in [6, 6.07) is 0. The molecule has 1 rings (SSSR count). The number of nitrogens with one attached hydrogen (secondary N) is 1. The van der Waals surface area contributed by atoms with Gasteiger partial charge in [-0.3, -0.25) is 0 Å². The summed E-state index contributed by atoms with van der Waals surface area (Å²) in [5.74, 6) is 0. The highest BCUT2D eigenvalue weighted by Gasteiger charge is 2.09. The first-order valence-electron chi connectivity index (χ1n) is 4.72. The molecule has 80 valence electrons. The summed E-state index contributed by atoms with van der Waals surface area (Å²) in [5, 5.41) is 3.12. The molecule has 0 radical (unpaired) electrons. The number of primary amides is 1. The zero-order valence-electron chi connectivity index (χ0n) is 8.07. The first-order chi connectivity index (χ1) is 6.79. The topological polar surface area (TPSA) is 73.6 Å². The van der Waals surface area contributed by atoms with E-state index >= 15 is 0 Å². The average Bonchev–Trinajstić information content (AvgIpc) is 2.18. The van der Waals surface area contributed by atoms with E-state index in [2.05, 4.69) is 10.1 Å². The highest BCUT2D eigenvalue weighted by atomic mass is 16.5. The predicted molar refractivity (Wildman–Crippen MR) is 51.7 cm³/mol. The SMILES string of the molecule is NC(=O)OCCNCC1CCC=CO1. The first kappa shape index (κ1) is 10.8. The predicted octanol–water partition coefficient (Wildman–Crippen LogP) is 0.364. The van der Waals surface area contributed by atoms with Gasteiger partial charge in [-0.15, -0.1) is 0 Å². The van der Waals surface area contributed by atoms with Crippen molar-refractivity contribution in [3.63, 3.8) is 0 Å². The van der Waals surface area contributed by atoms with Gasteiger partial charge < -0.3 is 20.5 Å². The lowest BCUT2D eigenvalue weighted by atomic mass is 10.1. The van der Waals surface area contributed by atoms with Gasteiger partial charge in [0.2, 0.25) is 0 Å². The van der Waals surface area contributed by atoms with Crippen LogP contribution in [0.15, 0.2) is 12.3 Å². The standard InChI is InChI=1S/C9H16N2O3/c10-9(12)14-6-4-11-7-8-3-1-2-5-13-8/h2,5,8,11H,1,3-4,6-7H2,(H2,10,12). The number of ether oxygens (including phenoxy) is 2. The van der Waals surface area contributed by atoms with Gasteiger partial charge in [0.05, 0.1) is 6.26 Å². The molecule has 1 aliphatic rings. The fraction of sp³-hybridized carbons (Fsp3) is 0.667. The van der Waals surface area contributed by atoms with Crippen molar-refractivity contribution < 1.29 is 14.3 Å². The minimum Gasteiger partial charge on any atom is -0.497 e.